The minimum Gasteiger partial charge on any atom is -0.363 e. The molecule has 0 saturated heterocycles. The van der Waals surface area contributed by atoms with E-state index in [9.17, 15) is 31.1 Å². The molecule has 0 aromatic heterocycles. The molecule has 4 rings (SSSR count). The summed E-state index contributed by atoms with van der Waals surface area (Å²) in [7, 11) is 0. The Bertz CT molecular complexity index is 1280. The molecule has 0 aliphatic carbocycles. The molecule has 0 amide bonds. The Morgan fingerprint density at radius 1 is 0.639 bits per heavy atom. The maximum atomic E-state index is 13.1. The van der Waals surface area contributed by atoms with Gasteiger partial charge in [-0.3, -0.25) is 0 Å². The Kier molecular flexibility index (Phi) is 7.03. The summed E-state index contributed by atoms with van der Waals surface area (Å²) in [5.41, 5.74) is -0.541. The molecule has 0 radical (unpaired) electrons. The number of hydroxylamine groups is 2. The number of rotatable bonds is 6. The predicted octanol–water partition coefficient (Wildman–Crippen LogP) is 7.65. The summed E-state index contributed by atoms with van der Waals surface area (Å²) in [6, 6.07) is 21.0. The predicted molar refractivity (Wildman–Crippen MR) is 121 cm³/mol. The lowest BCUT2D eigenvalue weighted by Crippen LogP contribution is -2.27. The second-order valence-corrected chi connectivity index (χ2v) is 8.09. The van der Waals surface area contributed by atoms with E-state index < -0.39 is 29.4 Å². The SMILES string of the molecule is O=C(ON(Cc1ccc(C(F)(F)F)cc1)Cc1ccc(C(F)(F)F)cc1)c1cccc2ccccc12. The summed E-state index contributed by atoms with van der Waals surface area (Å²) in [5.74, 6) is -0.703. The number of halogens is 6. The highest BCUT2D eigenvalue weighted by Crippen LogP contribution is 2.31. The van der Waals surface area contributed by atoms with Gasteiger partial charge in [0.05, 0.1) is 29.8 Å². The first kappa shape index (κ1) is 25.2. The highest BCUT2D eigenvalue weighted by molar-refractivity contribution is 6.04. The lowest BCUT2D eigenvalue weighted by atomic mass is 10.1. The van der Waals surface area contributed by atoms with Crippen LogP contribution in [0.2, 0.25) is 0 Å². The molecule has 0 fully saturated rings. The summed E-state index contributed by atoms with van der Waals surface area (Å²) < 4.78 is 77.5. The molecule has 0 spiro atoms. The largest absolute Gasteiger partial charge is 0.416 e. The van der Waals surface area contributed by atoms with Crippen molar-refractivity contribution in [2.45, 2.75) is 25.4 Å². The van der Waals surface area contributed by atoms with Crippen molar-refractivity contribution < 1.29 is 36.0 Å². The van der Waals surface area contributed by atoms with Crippen LogP contribution >= 0.6 is 0 Å². The first-order valence-electron chi connectivity index (χ1n) is 10.8. The van der Waals surface area contributed by atoms with Crippen LogP contribution in [-0.4, -0.2) is 11.0 Å². The van der Waals surface area contributed by atoms with Gasteiger partial charge < -0.3 is 4.84 Å². The molecule has 186 valence electrons. The van der Waals surface area contributed by atoms with E-state index in [-0.39, 0.29) is 18.7 Å². The van der Waals surface area contributed by atoms with Gasteiger partial charge in [-0.05, 0) is 52.2 Å². The number of carbonyl (C=O) groups excluding carboxylic acids is 1. The van der Waals surface area contributed by atoms with E-state index >= 15 is 0 Å². The van der Waals surface area contributed by atoms with E-state index in [4.69, 9.17) is 4.84 Å². The third-order valence-corrected chi connectivity index (χ3v) is 5.50. The Hall–Kier alpha value is -3.85. The van der Waals surface area contributed by atoms with Gasteiger partial charge in [0.1, 0.15) is 0 Å². The lowest BCUT2D eigenvalue weighted by molar-refractivity contribution is -0.138. The van der Waals surface area contributed by atoms with Crippen molar-refractivity contribution in [1.29, 1.82) is 0 Å². The molecule has 0 aliphatic heterocycles. The van der Waals surface area contributed by atoms with Crippen LogP contribution < -0.4 is 0 Å². The minimum absolute atomic E-state index is 0.0876. The molecule has 4 aromatic carbocycles. The van der Waals surface area contributed by atoms with Crippen molar-refractivity contribution in [3.05, 3.63) is 119 Å². The first-order valence-corrected chi connectivity index (χ1v) is 10.8. The molecule has 0 bridgehead atoms. The van der Waals surface area contributed by atoms with E-state index in [1.54, 1.807) is 24.3 Å². The van der Waals surface area contributed by atoms with Crippen LogP contribution in [0.4, 0.5) is 26.3 Å². The zero-order chi connectivity index (χ0) is 25.9. The van der Waals surface area contributed by atoms with Crippen LogP contribution in [0.1, 0.15) is 32.6 Å². The van der Waals surface area contributed by atoms with Gasteiger partial charge in [0.15, 0.2) is 0 Å². The Labute approximate surface area is 202 Å². The van der Waals surface area contributed by atoms with Gasteiger partial charge in [-0.1, -0.05) is 60.7 Å². The molecule has 0 aliphatic rings. The minimum atomic E-state index is -4.50. The van der Waals surface area contributed by atoms with E-state index in [2.05, 4.69) is 0 Å². The first-order chi connectivity index (χ1) is 17.0. The third kappa shape index (κ3) is 6.04. The van der Waals surface area contributed by atoms with Crippen molar-refractivity contribution in [2.75, 3.05) is 0 Å². The number of alkyl halides is 6. The van der Waals surface area contributed by atoms with Crippen LogP contribution in [0.3, 0.4) is 0 Å². The molecular weight excluding hydrogens is 484 g/mol. The number of nitrogens with zero attached hydrogens (tertiary/aromatic N) is 1. The fourth-order valence-electron chi connectivity index (χ4n) is 3.70. The number of benzene rings is 4. The topological polar surface area (TPSA) is 29.5 Å². The highest BCUT2D eigenvalue weighted by atomic mass is 19.4. The molecule has 4 aromatic rings. The van der Waals surface area contributed by atoms with Gasteiger partial charge in [0.2, 0.25) is 0 Å². The fourth-order valence-corrected chi connectivity index (χ4v) is 3.70. The maximum absolute atomic E-state index is 13.1. The van der Waals surface area contributed by atoms with Crippen LogP contribution in [0.25, 0.3) is 10.8 Å². The van der Waals surface area contributed by atoms with Crippen molar-refractivity contribution >= 4 is 16.7 Å². The second kappa shape index (κ2) is 10.0. The van der Waals surface area contributed by atoms with Crippen molar-refractivity contribution in [3.8, 4) is 0 Å². The third-order valence-electron chi connectivity index (χ3n) is 5.50. The van der Waals surface area contributed by atoms with Gasteiger partial charge >= 0.3 is 18.3 Å². The van der Waals surface area contributed by atoms with Crippen molar-refractivity contribution in [2.24, 2.45) is 0 Å². The molecular formula is C27H19F6NO2. The van der Waals surface area contributed by atoms with Crippen LogP contribution in [-0.2, 0) is 30.3 Å². The smallest absolute Gasteiger partial charge is 0.363 e. The maximum Gasteiger partial charge on any atom is 0.416 e. The summed E-state index contributed by atoms with van der Waals surface area (Å²) in [6.07, 6.45) is -9.00. The van der Waals surface area contributed by atoms with Crippen LogP contribution in [0.15, 0.2) is 91.0 Å². The van der Waals surface area contributed by atoms with Gasteiger partial charge in [0, 0.05) is 0 Å². The van der Waals surface area contributed by atoms with E-state index in [0.29, 0.717) is 16.5 Å². The Morgan fingerprint density at radius 3 is 1.61 bits per heavy atom. The quantitative estimate of drug-likeness (QED) is 0.200. The number of hydrogen-bond acceptors (Lipinski definition) is 3. The molecule has 3 nitrogen and oxygen atoms in total. The Balaban J connectivity index is 1.60. The molecule has 9 heteroatoms. The van der Waals surface area contributed by atoms with Crippen LogP contribution in [0.5, 0.6) is 0 Å². The highest BCUT2D eigenvalue weighted by Gasteiger charge is 2.31. The number of fused-ring (bicyclic) bond motifs is 1. The zero-order valence-electron chi connectivity index (χ0n) is 18.6. The molecule has 0 atom stereocenters. The average Bonchev–Trinajstić information content (AvgIpc) is 2.83. The average molecular weight is 503 g/mol. The van der Waals surface area contributed by atoms with E-state index in [0.717, 1.165) is 29.7 Å². The summed E-state index contributed by atoms with van der Waals surface area (Å²) in [6.45, 7) is -0.175. The van der Waals surface area contributed by atoms with Gasteiger partial charge in [-0.25, -0.2) is 4.79 Å². The van der Waals surface area contributed by atoms with Crippen molar-refractivity contribution in [3.63, 3.8) is 0 Å². The lowest BCUT2D eigenvalue weighted by Gasteiger charge is -2.22. The van der Waals surface area contributed by atoms with Gasteiger partial charge in [0.25, 0.3) is 0 Å². The van der Waals surface area contributed by atoms with Gasteiger partial charge in [-0.15, -0.1) is 5.06 Å². The molecule has 0 heterocycles. The molecule has 36 heavy (non-hydrogen) atoms. The molecule has 0 saturated carbocycles. The normalized spacial score (nSPS) is 12.2. The molecule has 0 N–H and O–H groups in total. The fraction of sp³-hybridized carbons (Fsp3) is 0.148. The van der Waals surface area contributed by atoms with E-state index in [1.165, 1.54) is 29.3 Å². The van der Waals surface area contributed by atoms with Crippen molar-refractivity contribution in [1.82, 2.24) is 5.06 Å². The molecule has 0 unspecified atom stereocenters. The summed E-state index contributed by atoms with van der Waals surface area (Å²) >= 11 is 0. The Morgan fingerprint density at radius 2 is 1.11 bits per heavy atom. The van der Waals surface area contributed by atoms with Gasteiger partial charge in [-0.2, -0.15) is 26.3 Å². The zero-order valence-corrected chi connectivity index (χ0v) is 18.6. The van der Waals surface area contributed by atoms with E-state index in [1.807, 2.05) is 18.2 Å². The van der Waals surface area contributed by atoms with Crippen LogP contribution in [0, 0.1) is 0 Å². The monoisotopic (exact) mass is 503 g/mol. The number of hydrogen-bond donors (Lipinski definition) is 0. The summed E-state index contributed by atoms with van der Waals surface area (Å²) in [5, 5.41) is 2.66. The summed E-state index contributed by atoms with van der Waals surface area (Å²) in [4.78, 5) is 18.7. The standard InChI is InChI=1S/C27H19F6NO2/c28-26(29,30)21-12-8-18(9-13-21)16-34(17-19-10-14-22(15-11-19)27(31,32)33)36-25(35)24-7-3-5-20-4-1-2-6-23(20)24/h1-15H,16-17H2. The number of carbonyl (C=O) groups is 1. The second-order valence-electron chi connectivity index (χ2n) is 8.09.